The molecule has 5 atom stereocenters. The molecule has 1 aliphatic carbocycles. The van der Waals surface area contributed by atoms with Crippen LogP contribution in [-0.2, 0) is 24.1 Å². The van der Waals surface area contributed by atoms with Gasteiger partial charge in [-0.2, -0.15) is 11.8 Å². The molecule has 1 saturated carbocycles. The second kappa shape index (κ2) is 11.4. The average Bonchev–Trinajstić information content (AvgIpc) is 2.96. The molecule has 0 aliphatic heterocycles. The van der Waals surface area contributed by atoms with Gasteiger partial charge in [0, 0.05) is 11.0 Å². The first-order valence-corrected chi connectivity index (χ1v) is 19.7. The van der Waals surface area contributed by atoms with E-state index < -0.39 is 40.9 Å². The lowest BCUT2D eigenvalue weighted by molar-refractivity contribution is -0.151. The van der Waals surface area contributed by atoms with Gasteiger partial charge in [-0.3, -0.25) is 4.79 Å². The Hall–Kier alpha value is -0.646. The van der Waals surface area contributed by atoms with Gasteiger partial charge in [-0.15, -0.1) is 0 Å². The Bertz CT molecular complexity index is 832. The molecule has 200 valence electrons. The normalized spacial score (nSPS) is 26.1. The Morgan fingerprint density at radius 2 is 1.40 bits per heavy atom. The third kappa shape index (κ3) is 7.23. The van der Waals surface area contributed by atoms with Crippen molar-refractivity contribution in [1.82, 2.24) is 0 Å². The Morgan fingerprint density at radius 1 is 0.914 bits per heavy atom. The molecule has 0 radical (unpaired) electrons. The van der Waals surface area contributed by atoms with Gasteiger partial charge in [-0.1, -0.05) is 71.9 Å². The third-order valence-electron chi connectivity index (χ3n) is 8.02. The predicted molar refractivity (Wildman–Crippen MR) is 152 cm³/mol. The van der Waals surface area contributed by atoms with Crippen molar-refractivity contribution >= 4 is 34.4 Å². The molecule has 2 rings (SSSR count). The molecule has 5 nitrogen and oxygen atoms in total. The number of esters is 1. The lowest BCUT2D eigenvalue weighted by Crippen LogP contribution is -2.53. The van der Waals surface area contributed by atoms with Crippen molar-refractivity contribution in [2.24, 2.45) is 5.92 Å². The molecule has 0 amide bonds. The summed E-state index contributed by atoms with van der Waals surface area (Å²) in [5.41, 5.74) is 1.18. The van der Waals surface area contributed by atoms with Crippen LogP contribution < -0.4 is 0 Å². The van der Waals surface area contributed by atoms with E-state index >= 15 is 0 Å². The van der Waals surface area contributed by atoms with Gasteiger partial charge in [0.15, 0.2) is 16.6 Å². The standard InChI is InChI=1S/C27H48O5SSi2/c1-12-30-25(29)20-21(28)22(31-34(8,9)26(2,3)4)23(32-35(10,11)27(5,6)7)24(20)33-18-19-16-14-13-15-17-19/h13-17,20-24,28H,12,18H2,1-11H3/t20-,21+,22+,23-,24+/m1/s1. The van der Waals surface area contributed by atoms with Gasteiger partial charge in [-0.25, -0.2) is 0 Å². The van der Waals surface area contributed by atoms with Crippen molar-refractivity contribution in [3.63, 3.8) is 0 Å². The van der Waals surface area contributed by atoms with Crippen molar-refractivity contribution in [2.45, 2.75) is 114 Å². The van der Waals surface area contributed by atoms with E-state index in [1.54, 1.807) is 18.7 Å². The van der Waals surface area contributed by atoms with E-state index in [9.17, 15) is 9.90 Å². The summed E-state index contributed by atoms with van der Waals surface area (Å²) in [5, 5.41) is 11.3. The van der Waals surface area contributed by atoms with Gasteiger partial charge >= 0.3 is 5.97 Å². The summed E-state index contributed by atoms with van der Waals surface area (Å²) in [4.78, 5) is 13.2. The zero-order valence-corrected chi connectivity index (χ0v) is 26.5. The van der Waals surface area contributed by atoms with E-state index in [1.165, 1.54) is 5.56 Å². The lowest BCUT2D eigenvalue weighted by Gasteiger charge is -2.44. The molecule has 0 aromatic heterocycles. The van der Waals surface area contributed by atoms with Gasteiger partial charge in [0.25, 0.3) is 0 Å². The number of thioether (sulfide) groups is 1. The van der Waals surface area contributed by atoms with E-state index in [2.05, 4.69) is 79.9 Å². The largest absolute Gasteiger partial charge is 0.466 e. The first kappa shape index (κ1) is 30.6. The van der Waals surface area contributed by atoms with E-state index in [4.69, 9.17) is 13.6 Å². The highest BCUT2D eigenvalue weighted by Gasteiger charge is 2.59. The molecular formula is C27H48O5SSi2. The summed E-state index contributed by atoms with van der Waals surface area (Å²) in [6, 6.07) is 10.2. The molecule has 0 bridgehead atoms. The van der Waals surface area contributed by atoms with Crippen LogP contribution in [0.1, 0.15) is 54.0 Å². The fraction of sp³-hybridized carbons (Fsp3) is 0.741. The zero-order valence-electron chi connectivity index (χ0n) is 23.7. The first-order chi connectivity index (χ1) is 15.9. The minimum atomic E-state index is -2.26. The van der Waals surface area contributed by atoms with Crippen LogP contribution in [-0.4, -0.2) is 57.9 Å². The van der Waals surface area contributed by atoms with Gasteiger partial charge in [0.05, 0.1) is 30.8 Å². The number of benzene rings is 1. The van der Waals surface area contributed by atoms with Crippen LogP contribution in [0.25, 0.3) is 0 Å². The van der Waals surface area contributed by atoms with Gasteiger partial charge in [0.2, 0.25) is 0 Å². The van der Waals surface area contributed by atoms with Gasteiger partial charge in [-0.05, 0) is 48.8 Å². The molecule has 1 fully saturated rings. The minimum absolute atomic E-state index is 0.0177. The van der Waals surface area contributed by atoms with Crippen LogP contribution >= 0.6 is 11.8 Å². The third-order valence-corrected chi connectivity index (χ3v) is 18.4. The highest BCUT2D eigenvalue weighted by Crippen LogP contribution is 2.48. The van der Waals surface area contributed by atoms with Crippen LogP contribution in [0.4, 0.5) is 0 Å². The number of hydrogen-bond acceptors (Lipinski definition) is 6. The fourth-order valence-electron chi connectivity index (χ4n) is 3.77. The molecule has 8 heteroatoms. The summed E-state index contributed by atoms with van der Waals surface area (Å²) in [5.74, 6) is -0.345. The van der Waals surface area contributed by atoms with Crippen molar-refractivity contribution < 1.29 is 23.5 Å². The van der Waals surface area contributed by atoms with Crippen LogP contribution in [0, 0.1) is 5.92 Å². The van der Waals surface area contributed by atoms with Crippen LogP contribution in [0.2, 0.25) is 36.3 Å². The predicted octanol–water partition coefficient (Wildman–Crippen LogP) is 6.62. The number of hydrogen-bond donors (Lipinski definition) is 1. The van der Waals surface area contributed by atoms with Crippen molar-refractivity contribution in [1.29, 1.82) is 0 Å². The minimum Gasteiger partial charge on any atom is -0.466 e. The molecule has 35 heavy (non-hydrogen) atoms. The summed E-state index contributed by atoms with van der Waals surface area (Å²) >= 11 is 1.67. The van der Waals surface area contributed by atoms with E-state index in [1.807, 2.05) is 18.2 Å². The Morgan fingerprint density at radius 3 is 1.86 bits per heavy atom. The highest BCUT2D eigenvalue weighted by molar-refractivity contribution is 7.99. The molecule has 0 saturated heterocycles. The summed E-state index contributed by atoms with van der Waals surface area (Å²) in [7, 11) is -4.50. The number of aliphatic hydroxyl groups is 1. The zero-order chi connectivity index (χ0) is 26.8. The van der Waals surface area contributed by atoms with Gasteiger partial charge < -0.3 is 18.7 Å². The average molecular weight is 541 g/mol. The quantitative estimate of drug-likeness (QED) is 0.280. The number of carbonyl (C=O) groups excluding carboxylic acids is 1. The maximum Gasteiger partial charge on any atom is 0.312 e. The molecular weight excluding hydrogens is 493 g/mol. The lowest BCUT2D eigenvalue weighted by atomic mass is 10.1. The van der Waals surface area contributed by atoms with Gasteiger partial charge in [0.1, 0.15) is 0 Å². The van der Waals surface area contributed by atoms with E-state index in [-0.39, 0.29) is 27.9 Å². The first-order valence-electron chi connectivity index (χ1n) is 12.8. The molecule has 1 aliphatic rings. The fourth-order valence-corrected chi connectivity index (χ4v) is 7.94. The molecule has 1 N–H and O–H groups in total. The number of ether oxygens (including phenoxy) is 1. The van der Waals surface area contributed by atoms with Crippen LogP contribution in [0.3, 0.4) is 0 Å². The number of rotatable bonds is 9. The number of carbonyl (C=O) groups is 1. The van der Waals surface area contributed by atoms with Crippen LogP contribution in [0.5, 0.6) is 0 Å². The van der Waals surface area contributed by atoms with E-state index in [0.717, 1.165) is 5.75 Å². The monoisotopic (exact) mass is 540 g/mol. The Labute approximate surface area is 220 Å². The van der Waals surface area contributed by atoms with Crippen molar-refractivity contribution in [2.75, 3.05) is 6.61 Å². The Balaban J connectivity index is 2.53. The summed E-state index contributed by atoms with van der Waals surface area (Å²) < 4.78 is 19.3. The van der Waals surface area contributed by atoms with Crippen molar-refractivity contribution in [3.05, 3.63) is 35.9 Å². The molecule has 0 spiro atoms. The molecule has 0 unspecified atom stereocenters. The van der Waals surface area contributed by atoms with Crippen molar-refractivity contribution in [3.8, 4) is 0 Å². The SMILES string of the molecule is CCOC(=O)[C@@H]1[C@H](O)[C@H](O[Si](C)(C)C(C)(C)C)[C@@H](O[Si](C)(C)C(C)(C)C)[C@H]1SCc1ccccc1. The van der Waals surface area contributed by atoms with Crippen LogP contribution in [0.15, 0.2) is 30.3 Å². The second-order valence-electron chi connectivity index (χ2n) is 12.7. The molecule has 1 aromatic rings. The topological polar surface area (TPSA) is 65.0 Å². The number of aliphatic hydroxyl groups excluding tert-OH is 1. The Kier molecular flexibility index (Phi) is 9.95. The molecule has 1 aromatic carbocycles. The summed E-state index contributed by atoms with van der Waals surface area (Å²) in [6.45, 7) is 24.1. The van der Waals surface area contributed by atoms with E-state index in [0.29, 0.717) is 0 Å². The highest BCUT2D eigenvalue weighted by atomic mass is 32.2. The smallest absolute Gasteiger partial charge is 0.312 e. The summed E-state index contributed by atoms with van der Waals surface area (Å²) in [6.07, 6.45) is -1.96. The second-order valence-corrected chi connectivity index (χ2v) is 23.4. The maximum absolute atomic E-state index is 13.2. The molecule has 0 heterocycles. The maximum atomic E-state index is 13.2.